The summed E-state index contributed by atoms with van der Waals surface area (Å²) < 4.78 is 2.18. The minimum absolute atomic E-state index is 0.984. The molecule has 3 nitrogen and oxygen atoms in total. The molecule has 0 saturated heterocycles. The summed E-state index contributed by atoms with van der Waals surface area (Å²) in [7, 11) is 6.08. The zero-order valence-electron chi connectivity index (χ0n) is 13.1. The summed E-state index contributed by atoms with van der Waals surface area (Å²) in [4.78, 5) is 2.11. The fourth-order valence-corrected chi connectivity index (χ4v) is 2.05. The van der Waals surface area contributed by atoms with Crippen LogP contribution in [0.5, 0.6) is 0 Å². The molecule has 0 bridgehead atoms. The van der Waals surface area contributed by atoms with Gasteiger partial charge in [0.05, 0.1) is 6.54 Å². The molecule has 0 saturated carbocycles. The van der Waals surface area contributed by atoms with Crippen LogP contribution in [0, 0.1) is 0 Å². The molecule has 1 heterocycles. The maximum Gasteiger partial charge on any atom is 0.169 e. The Bertz CT molecular complexity index is 568. The highest BCUT2D eigenvalue weighted by Gasteiger charge is 1.98. The van der Waals surface area contributed by atoms with E-state index in [0.717, 1.165) is 13.1 Å². The van der Waals surface area contributed by atoms with E-state index < -0.39 is 0 Å². The van der Waals surface area contributed by atoms with Gasteiger partial charge in [-0.1, -0.05) is 24.3 Å². The van der Waals surface area contributed by atoms with Gasteiger partial charge in [-0.25, -0.2) is 4.57 Å². The van der Waals surface area contributed by atoms with E-state index in [4.69, 9.17) is 0 Å². The van der Waals surface area contributed by atoms with Crippen LogP contribution in [0.2, 0.25) is 0 Å². The normalized spacial score (nSPS) is 11.0. The van der Waals surface area contributed by atoms with Crippen LogP contribution in [0.15, 0.2) is 48.8 Å². The highest BCUT2D eigenvalue weighted by atomic mass is 15.1. The third-order valence-corrected chi connectivity index (χ3v) is 3.41. The van der Waals surface area contributed by atoms with Crippen LogP contribution in [-0.2, 0) is 6.54 Å². The van der Waals surface area contributed by atoms with Gasteiger partial charge in [0.25, 0.3) is 0 Å². The van der Waals surface area contributed by atoms with E-state index in [1.165, 1.54) is 16.8 Å². The van der Waals surface area contributed by atoms with Crippen LogP contribution in [0.1, 0.15) is 11.1 Å². The van der Waals surface area contributed by atoms with Gasteiger partial charge in [-0.15, -0.1) is 0 Å². The SMILES string of the molecule is CNCC[n+]1ccc(/C=C/c2ccc(N(C)C)cc2)cc1. The molecule has 0 unspecified atom stereocenters. The van der Waals surface area contributed by atoms with Crippen molar-refractivity contribution in [3.05, 3.63) is 59.9 Å². The number of nitrogens with one attached hydrogen (secondary N) is 1. The number of anilines is 1. The predicted octanol–water partition coefficient (Wildman–Crippen LogP) is 2.43. The molecule has 1 aromatic heterocycles. The first-order valence-corrected chi connectivity index (χ1v) is 7.28. The Balaban J connectivity index is 2.00. The van der Waals surface area contributed by atoms with E-state index in [9.17, 15) is 0 Å². The lowest BCUT2D eigenvalue weighted by Gasteiger charge is -2.11. The standard InChI is InChI=1S/C18H24N3/c1-19-12-15-21-13-10-17(11-14-21)5-4-16-6-8-18(9-7-16)20(2)3/h4-11,13-14,19H,12,15H2,1-3H3/q+1. The number of rotatable bonds is 6. The molecule has 2 aromatic rings. The van der Waals surface area contributed by atoms with Crippen molar-refractivity contribution >= 4 is 17.8 Å². The van der Waals surface area contributed by atoms with Gasteiger partial charge in [0.1, 0.15) is 0 Å². The maximum absolute atomic E-state index is 3.15. The summed E-state index contributed by atoms with van der Waals surface area (Å²) in [6, 6.07) is 12.8. The summed E-state index contributed by atoms with van der Waals surface area (Å²) in [6.07, 6.45) is 8.53. The van der Waals surface area contributed by atoms with Crippen molar-refractivity contribution in [2.24, 2.45) is 0 Å². The Labute approximate surface area is 127 Å². The third kappa shape index (κ3) is 4.72. The second-order valence-corrected chi connectivity index (χ2v) is 5.29. The van der Waals surface area contributed by atoms with Gasteiger partial charge in [0.2, 0.25) is 0 Å². The lowest BCUT2D eigenvalue weighted by atomic mass is 10.1. The number of aromatic nitrogens is 1. The van der Waals surface area contributed by atoms with Gasteiger partial charge in [0, 0.05) is 31.9 Å². The van der Waals surface area contributed by atoms with Gasteiger partial charge in [0.15, 0.2) is 18.9 Å². The van der Waals surface area contributed by atoms with Crippen molar-refractivity contribution < 1.29 is 4.57 Å². The number of benzene rings is 1. The molecule has 0 spiro atoms. The van der Waals surface area contributed by atoms with E-state index >= 15 is 0 Å². The largest absolute Gasteiger partial charge is 0.378 e. The summed E-state index contributed by atoms with van der Waals surface area (Å²) in [5.41, 5.74) is 3.65. The zero-order chi connectivity index (χ0) is 15.1. The summed E-state index contributed by atoms with van der Waals surface area (Å²) in [6.45, 7) is 1.98. The second-order valence-electron chi connectivity index (χ2n) is 5.29. The van der Waals surface area contributed by atoms with Crippen LogP contribution >= 0.6 is 0 Å². The molecular weight excluding hydrogens is 258 g/mol. The lowest BCUT2D eigenvalue weighted by molar-refractivity contribution is -0.695. The van der Waals surface area contributed by atoms with E-state index in [1.807, 2.05) is 7.05 Å². The molecule has 0 atom stereocenters. The molecular formula is C18H24N3+. The molecule has 110 valence electrons. The van der Waals surface area contributed by atoms with Crippen LogP contribution in [0.4, 0.5) is 5.69 Å². The molecule has 3 heteroatoms. The molecule has 0 aliphatic heterocycles. The molecule has 0 amide bonds. The van der Waals surface area contributed by atoms with E-state index in [1.54, 1.807) is 0 Å². The lowest BCUT2D eigenvalue weighted by Crippen LogP contribution is -2.37. The monoisotopic (exact) mass is 282 g/mol. The number of nitrogens with zero attached hydrogens (tertiary/aromatic N) is 2. The smallest absolute Gasteiger partial charge is 0.169 e. The molecule has 0 radical (unpaired) electrons. The first-order valence-electron chi connectivity index (χ1n) is 7.28. The second kappa shape index (κ2) is 7.60. The molecule has 0 fully saturated rings. The topological polar surface area (TPSA) is 19.1 Å². The van der Waals surface area contributed by atoms with Crippen molar-refractivity contribution in [2.45, 2.75) is 6.54 Å². The minimum atomic E-state index is 0.984. The van der Waals surface area contributed by atoms with Crippen molar-refractivity contribution in [2.75, 3.05) is 32.6 Å². The number of pyridine rings is 1. The van der Waals surface area contributed by atoms with Crippen molar-refractivity contribution in [1.82, 2.24) is 5.32 Å². The van der Waals surface area contributed by atoms with Crippen LogP contribution in [-0.4, -0.2) is 27.7 Å². The Kier molecular flexibility index (Phi) is 5.52. The number of likely N-dealkylation sites (N-methyl/N-ethyl adjacent to an activating group) is 1. The molecule has 1 N–H and O–H groups in total. The van der Waals surface area contributed by atoms with Crippen molar-refractivity contribution in [3.63, 3.8) is 0 Å². The predicted molar refractivity (Wildman–Crippen MR) is 90.3 cm³/mol. The molecule has 0 aliphatic rings. The van der Waals surface area contributed by atoms with Gasteiger partial charge in [-0.2, -0.15) is 0 Å². The molecule has 21 heavy (non-hydrogen) atoms. The van der Waals surface area contributed by atoms with E-state index in [-0.39, 0.29) is 0 Å². The summed E-state index contributed by atoms with van der Waals surface area (Å²) >= 11 is 0. The zero-order valence-corrected chi connectivity index (χ0v) is 13.1. The first kappa shape index (κ1) is 15.3. The Morgan fingerprint density at radius 2 is 1.52 bits per heavy atom. The first-order chi connectivity index (χ1) is 10.2. The Hall–Kier alpha value is -2.13. The number of hydrogen-bond donors (Lipinski definition) is 1. The number of hydrogen-bond acceptors (Lipinski definition) is 2. The van der Waals surface area contributed by atoms with Gasteiger partial charge in [-0.05, 0) is 30.3 Å². The molecule has 2 rings (SSSR count). The highest BCUT2D eigenvalue weighted by molar-refractivity contribution is 5.70. The van der Waals surface area contributed by atoms with Crippen LogP contribution < -0.4 is 14.8 Å². The van der Waals surface area contributed by atoms with Crippen LogP contribution in [0.25, 0.3) is 12.2 Å². The molecule has 0 aliphatic carbocycles. The van der Waals surface area contributed by atoms with Gasteiger partial charge in [-0.3, -0.25) is 0 Å². The Morgan fingerprint density at radius 1 is 0.952 bits per heavy atom. The maximum atomic E-state index is 3.15. The fourth-order valence-electron chi connectivity index (χ4n) is 2.05. The summed E-state index contributed by atoms with van der Waals surface area (Å²) in [5.74, 6) is 0. The fraction of sp³-hybridized carbons (Fsp3) is 0.278. The molecule has 1 aromatic carbocycles. The van der Waals surface area contributed by atoms with Crippen molar-refractivity contribution in [3.8, 4) is 0 Å². The quantitative estimate of drug-likeness (QED) is 0.821. The third-order valence-electron chi connectivity index (χ3n) is 3.41. The van der Waals surface area contributed by atoms with Crippen molar-refractivity contribution in [1.29, 1.82) is 0 Å². The Morgan fingerprint density at radius 3 is 2.05 bits per heavy atom. The highest BCUT2D eigenvalue weighted by Crippen LogP contribution is 2.14. The van der Waals surface area contributed by atoms with Crippen LogP contribution in [0.3, 0.4) is 0 Å². The van der Waals surface area contributed by atoms with Gasteiger partial charge < -0.3 is 10.2 Å². The minimum Gasteiger partial charge on any atom is -0.378 e. The van der Waals surface area contributed by atoms with E-state index in [0.29, 0.717) is 0 Å². The van der Waals surface area contributed by atoms with Gasteiger partial charge >= 0.3 is 0 Å². The van der Waals surface area contributed by atoms with E-state index in [2.05, 4.69) is 89.8 Å². The average Bonchev–Trinajstić information content (AvgIpc) is 2.52. The average molecular weight is 282 g/mol. The summed E-state index contributed by atoms with van der Waals surface area (Å²) in [5, 5.41) is 3.15.